The molecule has 0 rings (SSSR count). The molecule has 0 radical (unpaired) electrons. The average molecular weight is 650 g/mol. The van der Waals surface area contributed by atoms with E-state index in [2.05, 4.69) is 24.5 Å². The van der Waals surface area contributed by atoms with Crippen molar-refractivity contribution < 1.29 is 14.4 Å². The van der Waals surface area contributed by atoms with Crippen LogP contribution in [0.5, 0.6) is 0 Å². The molecule has 0 heterocycles. The molecule has 3 amide bonds. The molecule has 0 spiro atoms. The number of nitrogens with one attached hydrogen (secondary N) is 2. The Morgan fingerprint density at radius 1 is 0.391 bits per heavy atom. The van der Waals surface area contributed by atoms with Crippen LogP contribution in [0.3, 0.4) is 0 Å². The van der Waals surface area contributed by atoms with Crippen LogP contribution in [0.1, 0.15) is 213 Å². The first-order valence-corrected chi connectivity index (χ1v) is 20.3. The van der Waals surface area contributed by atoms with Crippen LogP contribution in [-0.2, 0) is 14.4 Å². The summed E-state index contributed by atoms with van der Waals surface area (Å²) in [6.45, 7) is 7.98. The quantitative estimate of drug-likeness (QED) is 0.0663. The third-order valence-electron chi connectivity index (χ3n) is 9.37. The van der Waals surface area contributed by atoms with E-state index in [-0.39, 0.29) is 17.7 Å². The largest absolute Gasteiger partial charge is 0.354 e. The summed E-state index contributed by atoms with van der Waals surface area (Å²) in [5.41, 5.74) is 0. The maximum Gasteiger partial charge on any atom is 0.220 e. The van der Waals surface area contributed by atoms with Crippen LogP contribution in [0.4, 0.5) is 0 Å². The van der Waals surface area contributed by atoms with Crippen LogP contribution in [0.25, 0.3) is 0 Å². The van der Waals surface area contributed by atoms with E-state index in [4.69, 9.17) is 0 Å². The van der Waals surface area contributed by atoms with Crippen molar-refractivity contribution in [1.29, 1.82) is 0 Å². The molecule has 0 unspecified atom stereocenters. The van der Waals surface area contributed by atoms with E-state index in [1.54, 1.807) is 11.8 Å². The Balaban J connectivity index is 3.59. The van der Waals surface area contributed by atoms with Crippen LogP contribution in [0, 0.1) is 0 Å². The van der Waals surface area contributed by atoms with Gasteiger partial charge in [0, 0.05) is 45.9 Å². The molecule has 0 aliphatic rings. The molecule has 0 aromatic heterocycles. The molecule has 0 aromatic rings. The van der Waals surface area contributed by atoms with Crippen molar-refractivity contribution in [2.45, 2.75) is 213 Å². The summed E-state index contributed by atoms with van der Waals surface area (Å²) >= 11 is 0. The molecule has 0 aliphatic carbocycles. The normalized spacial score (nSPS) is 11.1. The van der Waals surface area contributed by atoms with Crippen molar-refractivity contribution in [3.05, 3.63) is 0 Å². The average Bonchev–Trinajstić information content (AvgIpc) is 3.04. The summed E-state index contributed by atoms with van der Waals surface area (Å²) in [6.07, 6.45) is 37.8. The van der Waals surface area contributed by atoms with Gasteiger partial charge in [0.1, 0.15) is 0 Å². The Kier molecular flexibility index (Phi) is 35.0. The lowest BCUT2D eigenvalue weighted by Crippen LogP contribution is -2.41. The second-order valence-corrected chi connectivity index (χ2v) is 13.9. The zero-order valence-electron chi connectivity index (χ0n) is 31.2. The maximum absolute atomic E-state index is 12.2. The van der Waals surface area contributed by atoms with E-state index in [0.29, 0.717) is 39.0 Å². The van der Waals surface area contributed by atoms with Gasteiger partial charge in [-0.2, -0.15) is 0 Å². The fourth-order valence-electron chi connectivity index (χ4n) is 6.22. The number of unbranched alkanes of at least 4 members (excludes halogenated alkanes) is 26. The molecule has 272 valence electrons. The molecule has 0 bridgehead atoms. The van der Waals surface area contributed by atoms with Crippen molar-refractivity contribution in [1.82, 2.24) is 15.5 Å². The van der Waals surface area contributed by atoms with Crippen molar-refractivity contribution in [3.8, 4) is 0 Å². The Labute approximate surface area is 286 Å². The third-order valence-corrected chi connectivity index (χ3v) is 9.37. The number of carbonyl (C=O) groups is 3. The predicted molar refractivity (Wildman–Crippen MR) is 198 cm³/mol. The molecule has 0 saturated heterocycles. The van der Waals surface area contributed by atoms with Crippen LogP contribution in [-0.4, -0.2) is 48.8 Å². The highest BCUT2D eigenvalue weighted by molar-refractivity contribution is 5.77. The number of carbonyl (C=O) groups excluding carboxylic acids is 3. The summed E-state index contributed by atoms with van der Waals surface area (Å²) in [7, 11) is 0. The maximum atomic E-state index is 12.2. The second-order valence-electron chi connectivity index (χ2n) is 13.9. The van der Waals surface area contributed by atoms with Crippen LogP contribution in [0.2, 0.25) is 0 Å². The van der Waals surface area contributed by atoms with Crippen molar-refractivity contribution in [2.24, 2.45) is 0 Å². The molecule has 6 nitrogen and oxygen atoms in total. The molecule has 0 fully saturated rings. The van der Waals surface area contributed by atoms with Gasteiger partial charge in [-0.05, 0) is 12.8 Å². The second kappa shape index (κ2) is 36.2. The molecule has 0 saturated carbocycles. The van der Waals surface area contributed by atoms with Crippen molar-refractivity contribution in [3.63, 3.8) is 0 Å². The van der Waals surface area contributed by atoms with Gasteiger partial charge in [0.15, 0.2) is 0 Å². The first-order chi connectivity index (χ1) is 22.5. The lowest BCUT2D eigenvalue weighted by atomic mass is 10.0. The summed E-state index contributed by atoms with van der Waals surface area (Å²) in [4.78, 5) is 38.2. The van der Waals surface area contributed by atoms with Gasteiger partial charge in [-0.15, -0.1) is 0 Å². The molecule has 2 N–H and O–H groups in total. The molecular formula is C40H79N3O3. The van der Waals surface area contributed by atoms with Crippen molar-refractivity contribution in [2.75, 3.05) is 26.2 Å². The first-order valence-electron chi connectivity index (χ1n) is 20.3. The van der Waals surface area contributed by atoms with Gasteiger partial charge in [-0.3, -0.25) is 14.4 Å². The highest BCUT2D eigenvalue weighted by Crippen LogP contribution is 2.14. The zero-order valence-corrected chi connectivity index (χ0v) is 31.2. The van der Waals surface area contributed by atoms with E-state index < -0.39 is 0 Å². The fourth-order valence-corrected chi connectivity index (χ4v) is 6.22. The zero-order chi connectivity index (χ0) is 33.8. The van der Waals surface area contributed by atoms with Gasteiger partial charge in [-0.25, -0.2) is 0 Å². The summed E-state index contributed by atoms with van der Waals surface area (Å²) in [6, 6.07) is 0. The minimum Gasteiger partial charge on any atom is -0.354 e. The van der Waals surface area contributed by atoms with Gasteiger partial charge in [0.2, 0.25) is 17.7 Å². The van der Waals surface area contributed by atoms with Gasteiger partial charge < -0.3 is 15.5 Å². The number of amides is 3. The molecule has 46 heavy (non-hydrogen) atoms. The Bertz CT molecular complexity index is 685. The SMILES string of the molecule is CCCCCCCCCCCCCCCCCC(=O)NCCN(CCNC(=O)CCCCCCCCCCCCCCC)C(C)=O. The molecule has 0 aromatic carbocycles. The third kappa shape index (κ3) is 33.8. The summed E-state index contributed by atoms with van der Waals surface area (Å²) in [5, 5.41) is 5.93. The predicted octanol–water partition coefficient (Wildman–Crippen LogP) is 10.8. The highest BCUT2D eigenvalue weighted by Gasteiger charge is 2.10. The number of hydrogen-bond donors (Lipinski definition) is 2. The van der Waals surface area contributed by atoms with E-state index in [0.717, 1.165) is 25.7 Å². The van der Waals surface area contributed by atoms with E-state index >= 15 is 0 Å². The van der Waals surface area contributed by atoms with Gasteiger partial charge in [0.05, 0.1) is 0 Å². The number of nitrogens with zero attached hydrogens (tertiary/aromatic N) is 1. The number of hydrogen-bond acceptors (Lipinski definition) is 3. The monoisotopic (exact) mass is 650 g/mol. The highest BCUT2D eigenvalue weighted by atomic mass is 16.2. The Morgan fingerprint density at radius 2 is 0.630 bits per heavy atom. The number of rotatable bonds is 36. The van der Waals surface area contributed by atoms with Crippen LogP contribution >= 0.6 is 0 Å². The Hall–Kier alpha value is -1.59. The van der Waals surface area contributed by atoms with E-state index in [9.17, 15) is 14.4 Å². The van der Waals surface area contributed by atoms with E-state index in [1.165, 1.54) is 154 Å². The molecule has 6 heteroatoms. The first kappa shape index (κ1) is 44.4. The smallest absolute Gasteiger partial charge is 0.220 e. The Morgan fingerprint density at radius 3 is 0.870 bits per heavy atom. The van der Waals surface area contributed by atoms with Crippen LogP contribution < -0.4 is 10.6 Å². The molecule has 0 aliphatic heterocycles. The summed E-state index contributed by atoms with van der Waals surface area (Å²) < 4.78 is 0. The minimum absolute atomic E-state index is 0.0256. The topological polar surface area (TPSA) is 78.5 Å². The van der Waals surface area contributed by atoms with Gasteiger partial charge >= 0.3 is 0 Å². The van der Waals surface area contributed by atoms with Crippen molar-refractivity contribution >= 4 is 17.7 Å². The lowest BCUT2D eigenvalue weighted by Gasteiger charge is -2.21. The van der Waals surface area contributed by atoms with Gasteiger partial charge in [0.25, 0.3) is 0 Å². The van der Waals surface area contributed by atoms with Gasteiger partial charge in [-0.1, -0.05) is 181 Å². The van der Waals surface area contributed by atoms with Crippen LogP contribution in [0.15, 0.2) is 0 Å². The lowest BCUT2D eigenvalue weighted by molar-refractivity contribution is -0.130. The fraction of sp³-hybridized carbons (Fsp3) is 0.925. The standard InChI is InChI=1S/C40H79N3O3/c1-4-6-8-10-12-14-16-18-19-21-23-25-27-29-31-33-40(46)42-35-37-43(38(3)44)36-34-41-39(45)32-30-28-26-24-22-20-17-15-13-11-9-7-5-2/h4-37H2,1-3H3,(H,41,45)(H,42,46). The minimum atomic E-state index is -0.0256. The molecule has 0 atom stereocenters. The van der Waals surface area contributed by atoms with E-state index in [1.807, 2.05) is 0 Å². The molecular weight excluding hydrogens is 570 g/mol. The summed E-state index contributed by atoms with van der Waals surface area (Å²) in [5.74, 6) is 0.120.